The minimum atomic E-state index is -1.23. The number of hydrogen-bond donors (Lipinski definition) is 1. The van der Waals surface area contributed by atoms with Crippen LogP contribution in [0.2, 0.25) is 0 Å². The third-order valence-corrected chi connectivity index (χ3v) is 4.25. The van der Waals surface area contributed by atoms with Crippen LogP contribution in [0, 0.1) is 0 Å². The summed E-state index contributed by atoms with van der Waals surface area (Å²) in [5.41, 5.74) is 3.39. The summed E-state index contributed by atoms with van der Waals surface area (Å²) in [5.74, 6) is -1.23. The Morgan fingerprint density at radius 1 is 1.33 bits per heavy atom. The maximum absolute atomic E-state index is 12.2. The quantitative estimate of drug-likeness (QED) is 0.670. The second kappa shape index (κ2) is 7.41. The lowest BCUT2D eigenvalue weighted by Gasteiger charge is -2.14. The lowest BCUT2D eigenvalue weighted by atomic mass is 10.0. The van der Waals surface area contributed by atoms with E-state index in [1.165, 1.54) is 12.3 Å². The monoisotopic (exact) mass is 365 g/mol. The fourth-order valence-electron chi connectivity index (χ4n) is 2.98. The van der Waals surface area contributed by atoms with Crippen molar-refractivity contribution in [3.05, 3.63) is 70.2 Å². The first-order valence-electron chi connectivity index (χ1n) is 8.49. The zero-order valence-electron chi connectivity index (χ0n) is 15.1. The van der Waals surface area contributed by atoms with Gasteiger partial charge < -0.3 is 9.67 Å². The lowest BCUT2D eigenvalue weighted by Crippen LogP contribution is -2.19. The summed E-state index contributed by atoms with van der Waals surface area (Å²) in [6.07, 6.45) is 4.03. The largest absolute Gasteiger partial charge is 0.477 e. The summed E-state index contributed by atoms with van der Waals surface area (Å²) in [7, 11) is 0. The molecule has 0 aliphatic rings. The van der Waals surface area contributed by atoms with E-state index in [-0.39, 0.29) is 5.56 Å². The topological polar surface area (TPSA) is 98.2 Å². The van der Waals surface area contributed by atoms with Crippen LogP contribution in [-0.2, 0) is 6.54 Å². The van der Waals surface area contributed by atoms with Gasteiger partial charge in [0.2, 0.25) is 0 Å². The summed E-state index contributed by atoms with van der Waals surface area (Å²) in [5, 5.41) is 16.9. The maximum atomic E-state index is 12.2. The first-order chi connectivity index (χ1) is 12.9. The van der Waals surface area contributed by atoms with Crippen LogP contribution in [0.3, 0.4) is 0 Å². The van der Waals surface area contributed by atoms with Gasteiger partial charge in [0, 0.05) is 30.1 Å². The molecule has 2 aromatic heterocycles. The number of carboxylic acid groups (broad SMARTS) is 1. The second-order valence-corrected chi connectivity index (χ2v) is 6.23. The van der Waals surface area contributed by atoms with Gasteiger partial charge in [-0.25, -0.2) is 9.42 Å². The van der Waals surface area contributed by atoms with E-state index in [2.05, 4.69) is 16.9 Å². The van der Waals surface area contributed by atoms with Gasteiger partial charge in [0.05, 0.1) is 0 Å². The van der Waals surface area contributed by atoms with Crippen LogP contribution in [0.25, 0.3) is 22.2 Å². The average Bonchev–Trinajstić information content (AvgIpc) is 3.11. The predicted octanol–water partition coefficient (Wildman–Crippen LogP) is 3.61. The molecule has 1 N–H and O–H groups in total. The third-order valence-electron chi connectivity index (χ3n) is 4.25. The molecule has 0 unspecified atom stereocenters. The third kappa shape index (κ3) is 3.57. The van der Waals surface area contributed by atoms with Crippen molar-refractivity contribution in [1.82, 2.24) is 14.9 Å². The minimum Gasteiger partial charge on any atom is -0.477 e. The SMILES string of the molecule is C=C(/C=C(\C)c1cc(=O)c(C(=O)O)cn1CCC)c1cccc2nonc12. The Labute approximate surface area is 155 Å². The number of hydrogen-bond acceptors (Lipinski definition) is 5. The maximum Gasteiger partial charge on any atom is 0.341 e. The van der Waals surface area contributed by atoms with Crippen molar-refractivity contribution in [2.24, 2.45) is 0 Å². The highest BCUT2D eigenvalue weighted by Gasteiger charge is 2.14. The molecule has 3 aromatic rings. The molecule has 0 atom stereocenters. The molecule has 0 fully saturated rings. The highest BCUT2D eigenvalue weighted by Crippen LogP contribution is 2.25. The predicted molar refractivity (Wildman–Crippen MR) is 102 cm³/mol. The van der Waals surface area contributed by atoms with Gasteiger partial charge in [-0.1, -0.05) is 25.6 Å². The molecule has 7 nitrogen and oxygen atoms in total. The number of nitrogens with zero attached hydrogens (tertiary/aromatic N) is 3. The number of carbonyl (C=O) groups is 1. The van der Waals surface area contributed by atoms with Crippen molar-refractivity contribution in [2.45, 2.75) is 26.8 Å². The van der Waals surface area contributed by atoms with Gasteiger partial charge in [0.25, 0.3) is 0 Å². The van der Waals surface area contributed by atoms with E-state index in [9.17, 15) is 14.7 Å². The number of carboxylic acids is 1. The number of benzene rings is 1. The Balaban J connectivity index is 2.06. The van der Waals surface area contributed by atoms with Crippen LogP contribution in [0.5, 0.6) is 0 Å². The summed E-state index contributed by atoms with van der Waals surface area (Å²) < 4.78 is 6.56. The Morgan fingerprint density at radius 2 is 2.11 bits per heavy atom. The number of fused-ring (bicyclic) bond motifs is 1. The van der Waals surface area contributed by atoms with Gasteiger partial charge in [0.15, 0.2) is 5.43 Å². The Morgan fingerprint density at radius 3 is 2.81 bits per heavy atom. The van der Waals surface area contributed by atoms with E-state index in [1.54, 1.807) is 10.6 Å². The van der Waals surface area contributed by atoms with Crippen LogP contribution in [0.1, 0.15) is 41.9 Å². The van der Waals surface area contributed by atoms with E-state index >= 15 is 0 Å². The molecule has 0 bridgehead atoms. The normalized spacial score (nSPS) is 11.7. The number of allylic oxidation sites excluding steroid dienone is 3. The number of aryl methyl sites for hydroxylation is 1. The minimum absolute atomic E-state index is 0.239. The van der Waals surface area contributed by atoms with Crippen LogP contribution in [0.4, 0.5) is 0 Å². The second-order valence-electron chi connectivity index (χ2n) is 6.23. The first kappa shape index (κ1) is 18.3. The molecule has 0 radical (unpaired) electrons. The molecule has 0 saturated carbocycles. The molecule has 3 rings (SSSR count). The van der Waals surface area contributed by atoms with Gasteiger partial charge in [-0.15, -0.1) is 0 Å². The van der Waals surface area contributed by atoms with Gasteiger partial charge in [0.1, 0.15) is 16.6 Å². The van der Waals surface area contributed by atoms with Gasteiger partial charge in [-0.3, -0.25) is 4.79 Å². The van der Waals surface area contributed by atoms with Crippen LogP contribution >= 0.6 is 0 Å². The fourth-order valence-corrected chi connectivity index (χ4v) is 2.98. The van der Waals surface area contributed by atoms with E-state index in [1.807, 2.05) is 32.1 Å². The molecule has 0 spiro atoms. The fraction of sp³-hybridized carbons (Fsp3) is 0.200. The molecule has 0 amide bonds. The highest BCUT2D eigenvalue weighted by molar-refractivity contribution is 5.93. The van der Waals surface area contributed by atoms with Gasteiger partial charge in [-0.2, -0.15) is 0 Å². The van der Waals surface area contributed by atoms with Crippen molar-refractivity contribution >= 4 is 28.1 Å². The van der Waals surface area contributed by atoms with Crippen molar-refractivity contribution in [3.63, 3.8) is 0 Å². The van der Waals surface area contributed by atoms with Crippen molar-refractivity contribution in [3.8, 4) is 0 Å². The van der Waals surface area contributed by atoms with Crippen molar-refractivity contribution < 1.29 is 14.5 Å². The Hall–Kier alpha value is -3.48. The lowest BCUT2D eigenvalue weighted by molar-refractivity contribution is 0.0694. The highest BCUT2D eigenvalue weighted by atomic mass is 16.6. The van der Waals surface area contributed by atoms with E-state index in [0.717, 1.165) is 17.6 Å². The summed E-state index contributed by atoms with van der Waals surface area (Å²) in [6.45, 7) is 8.53. The Kier molecular flexibility index (Phi) is 5.03. The molecular formula is C20H19N3O4. The van der Waals surface area contributed by atoms with E-state index in [4.69, 9.17) is 4.63 Å². The summed E-state index contributed by atoms with van der Waals surface area (Å²) in [6, 6.07) is 6.86. The first-order valence-corrected chi connectivity index (χ1v) is 8.49. The van der Waals surface area contributed by atoms with E-state index < -0.39 is 11.4 Å². The molecule has 2 heterocycles. The Bertz CT molecular complexity index is 1120. The molecule has 0 aliphatic heterocycles. The molecule has 27 heavy (non-hydrogen) atoms. The van der Waals surface area contributed by atoms with Crippen molar-refractivity contribution in [2.75, 3.05) is 0 Å². The molecule has 0 saturated heterocycles. The molecule has 138 valence electrons. The van der Waals surface area contributed by atoms with Crippen molar-refractivity contribution in [1.29, 1.82) is 0 Å². The number of aromatic nitrogens is 3. The zero-order chi connectivity index (χ0) is 19.6. The molecule has 7 heteroatoms. The zero-order valence-corrected chi connectivity index (χ0v) is 15.1. The molecule has 0 aliphatic carbocycles. The standard InChI is InChI=1S/C20H19N3O4/c1-4-8-23-11-15(20(25)26)18(24)10-17(23)13(3)9-12(2)14-6-5-7-16-19(14)22-27-21-16/h5-7,9-11H,2,4,8H2,1,3H3,(H,25,26)/b13-9+. The summed E-state index contributed by atoms with van der Waals surface area (Å²) in [4.78, 5) is 23.4. The number of aromatic carboxylic acids is 1. The molecular weight excluding hydrogens is 346 g/mol. The average molecular weight is 365 g/mol. The molecule has 1 aromatic carbocycles. The van der Waals surface area contributed by atoms with Gasteiger partial charge in [-0.05, 0) is 46.9 Å². The summed E-state index contributed by atoms with van der Waals surface area (Å²) >= 11 is 0. The van der Waals surface area contributed by atoms with E-state index in [0.29, 0.717) is 28.8 Å². The van der Waals surface area contributed by atoms with Crippen LogP contribution < -0.4 is 5.43 Å². The van der Waals surface area contributed by atoms with Crippen LogP contribution in [0.15, 0.2) is 52.5 Å². The smallest absolute Gasteiger partial charge is 0.341 e. The number of rotatable bonds is 6. The van der Waals surface area contributed by atoms with Gasteiger partial charge >= 0.3 is 5.97 Å². The number of pyridine rings is 1. The van der Waals surface area contributed by atoms with Crippen LogP contribution in [-0.4, -0.2) is 26.0 Å².